The summed E-state index contributed by atoms with van der Waals surface area (Å²) < 4.78 is 0. The van der Waals surface area contributed by atoms with E-state index in [9.17, 15) is 4.79 Å². The van der Waals surface area contributed by atoms with Gasteiger partial charge in [-0.05, 0) is 39.4 Å². The molecule has 1 fully saturated rings. The lowest BCUT2D eigenvalue weighted by atomic mass is 10.0. The quantitative estimate of drug-likeness (QED) is 0.841. The van der Waals surface area contributed by atoms with E-state index in [2.05, 4.69) is 27.2 Å². The molecule has 0 aliphatic carbocycles. The molecule has 0 aromatic carbocycles. The highest BCUT2D eigenvalue weighted by atomic mass is 16.1. The molecule has 2 aromatic heterocycles. The van der Waals surface area contributed by atoms with E-state index in [4.69, 9.17) is 0 Å². The third-order valence-corrected chi connectivity index (χ3v) is 3.94. The molecule has 1 saturated heterocycles. The van der Waals surface area contributed by atoms with Crippen LogP contribution in [0.25, 0.3) is 11.0 Å². The number of likely N-dealkylation sites (N-methyl/N-ethyl adjacent to an activating group) is 1. The first-order valence-electron chi connectivity index (χ1n) is 7.07. The van der Waals surface area contributed by atoms with Crippen LogP contribution in [0.5, 0.6) is 0 Å². The van der Waals surface area contributed by atoms with Crippen LogP contribution in [0.3, 0.4) is 0 Å². The van der Waals surface area contributed by atoms with Crippen LogP contribution in [0.2, 0.25) is 0 Å². The van der Waals surface area contributed by atoms with Gasteiger partial charge in [-0.25, -0.2) is 4.98 Å². The Morgan fingerprint density at radius 3 is 3.15 bits per heavy atom. The fraction of sp³-hybridized carbons (Fsp3) is 0.467. The number of H-pyrrole nitrogens is 1. The lowest BCUT2D eigenvalue weighted by Gasteiger charge is -2.31. The SMILES string of the molecule is CC(=O)c1cnc2[nH]ccc2c1N[C@H]1CCCN(C)C1. The molecular weight excluding hydrogens is 252 g/mol. The van der Waals surface area contributed by atoms with Crippen molar-refractivity contribution in [1.29, 1.82) is 0 Å². The number of piperidine rings is 1. The summed E-state index contributed by atoms with van der Waals surface area (Å²) in [7, 11) is 2.14. The summed E-state index contributed by atoms with van der Waals surface area (Å²) in [6, 6.07) is 2.36. The molecular formula is C15H20N4O. The van der Waals surface area contributed by atoms with E-state index >= 15 is 0 Å². The smallest absolute Gasteiger partial charge is 0.163 e. The topological polar surface area (TPSA) is 61.0 Å². The van der Waals surface area contributed by atoms with E-state index < -0.39 is 0 Å². The second-order valence-corrected chi connectivity index (χ2v) is 5.59. The normalized spacial score (nSPS) is 20.2. The van der Waals surface area contributed by atoms with Gasteiger partial charge >= 0.3 is 0 Å². The Hall–Kier alpha value is -1.88. The van der Waals surface area contributed by atoms with E-state index in [1.807, 2.05) is 12.3 Å². The third kappa shape index (κ3) is 2.41. The summed E-state index contributed by atoms with van der Waals surface area (Å²) in [4.78, 5) is 21.6. The Morgan fingerprint density at radius 1 is 1.55 bits per heavy atom. The number of fused-ring (bicyclic) bond motifs is 1. The molecule has 0 radical (unpaired) electrons. The van der Waals surface area contributed by atoms with Gasteiger partial charge in [0.1, 0.15) is 5.65 Å². The van der Waals surface area contributed by atoms with Gasteiger partial charge in [-0.2, -0.15) is 0 Å². The van der Waals surface area contributed by atoms with Gasteiger partial charge in [-0.1, -0.05) is 0 Å². The standard InChI is InChI=1S/C15H20N4O/c1-10(20)13-8-17-15-12(5-6-16-15)14(13)18-11-4-3-7-19(2)9-11/h5-6,8,11H,3-4,7,9H2,1-2H3,(H2,16,17,18)/t11-/m0/s1. The number of anilines is 1. The Balaban J connectivity index is 1.97. The van der Waals surface area contributed by atoms with Crippen molar-refractivity contribution in [3.8, 4) is 0 Å². The Labute approximate surface area is 118 Å². The average molecular weight is 272 g/mol. The van der Waals surface area contributed by atoms with Crippen molar-refractivity contribution in [1.82, 2.24) is 14.9 Å². The third-order valence-electron chi connectivity index (χ3n) is 3.94. The maximum atomic E-state index is 11.8. The van der Waals surface area contributed by atoms with Crippen molar-refractivity contribution >= 4 is 22.5 Å². The van der Waals surface area contributed by atoms with Crippen molar-refractivity contribution in [3.05, 3.63) is 24.0 Å². The predicted octanol–water partition coefficient (Wildman–Crippen LogP) is 2.27. The second kappa shape index (κ2) is 5.25. The minimum atomic E-state index is 0.0484. The summed E-state index contributed by atoms with van der Waals surface area (Å²) in [5.74, 6) is 0.0484. The van der Waals surface area contributed by atoms with Gasteiger partial charge in [0.05, 0.1) is 11.3 Å². The van der Waals surface area contributed by atoms with Crippen LogP contribution in [0, 0.1) is 0 Å². The number of aromatic nitrogens is 2. The maximum absolute atomic E-state index is 11.8. The molecule has 0 amide bonds. The summed E-state index contributed by atoms with van der Waals surface area (Å²) in [6.45, 7) is 3.74. The highest BCUT2D eigenvalue weighted by Crippen LogP contribution is 2.27. The number of nitrogens with zero attached hydrogens (tertiary/aromatic N) is 2. The number of rotatable bonds is 3. The van der Waals surface area contributed by atoms with Crippen LogP contribution in [-0.4, -0.2) is 46.8 Å². The number of hydrogen-bond donors (Lipinski definition) is 2. The number of carbonyl (C=O) groups excluding carboxylic acids is 1. The Kier molecular flexibility index (Phi) is 3.44. The first kappa shape index (κ1) is 13.1. The zero-order chi connectivity index (χ0) is 14.1. The predicted molar refractivity (Wildman–Crippen MR) is 80.2 cm³/mol. The first-order valence-corrected chi connectivity index (χ1v) is 7.07. The number of ketones is 1. The molecule has 20 heavy (non-hydrogen) atoms. The van der Waals surface area contributed by atoms with Gasteiger partial charge in [0.25, 0.3) is 0 Å². The van der Waals surface area contributed by atoms with Gasteiger partial charge in [0.15, 0.2) is 5.78 Å². The molecule has 2 N–H and O–H groups in total. The summed E-state index contributed by atoms with van der Waals surface area (Å²) in [5, 5.41) is 4.56. The lowest BCUT2D eigenvalue weighted by Crippen LogP contribution is -2.40. The molecule has 0 saturated carbocycles. The summed E-state index contributed by atoms with van der Waals surface area (Å²) >= 11 is 0. The molecule has 1 aliphatic heterocycles. The molecule has 1 atom stereocenters. The van der Waals surface area contributed by atoms with Crippen molar-refractivity contribution in [2.75, 3.05) is 25.5 Å². The minimum absolute atomic E-state index is 0.0484. The Morgan fingerprint density at radius 2 is 2.40 bits per heavy atom. The molecule has 2 aromatic rings. The molecule has 0 bridgehead atoms. The molecule has 1 aliphatic rings. The molecule has 5 nitrogen and oxygen atoms in total. The first-order chi connectivity index (χ1) is 9.65. The van der Waals surface area contributed by atoms with E-state index in [1.165, 1.54) is 6.42 Å². The lowest BCUT2D eigenvalue weighted by molar-refractivity contribution is 0.101. The Bertz CT molecular complexity index is 634. The number of nitrogens with one attached hydrogen (secondary N) is 2. The van der Waals surface area contributed by atoms with E-state index in [1.54, 1.807) is 13.1 Å². The largest absolute Gasteiger partial charge is 0.380 e. The van der Waals surface area contributed by atoms with Crippen LogP contribution in [-0.2, 0) is 0 Å². The summed E-state index contributed by atoms with van der Waals surface area (Å²) in [5.41, 5.74) is 2.41. The molecule has 3 rings (SSSR count). The fourth-order valence-corrected chi connectivity index (χ4v) is 2.92. The van der Waals surface area contributed by atoms with Gasteiger partial charge in [0, 0.05) is 30.4 Å². The van der Waals surface area contributed by atoms with Crippen LogP contribution in [0.4, 0.5) is 5.69 Å². The highest BCUT2D eigenvalue weighted by Gasteiger charge is 2.20. The van der Waals surface area contributed by atoms with Crippen LogP contribution in [0.1, 0.15) is 30.1 Å². The number of hydrogen-bond acceptors (Lipinski definition) is 4. The van der Waals surface area contributed by atoms with E-state index in [-0.39, 0.29) is 5.78 Å². The average Bonchev–Trinajstić information content (AvgIpc) is 2.87. The zero-order valence-corrected chi connectivity index (χ0v) is 11.9. The number of likely N-dealkylation sites (tertiary alicyclic amines) is 1. The van der Waals surface area contributed by atoms with Gasteiger partial charge in [-0.15, -0.1) is 0 Å². The molecule has 3 heterocycles. The second-order valence-electron chi connectivity index (χ2n) is 5.59. The van der Waals surface area contributed by atoms with Crippen LogP contribution < -0.4 is 5.32 Å². The number of Topliss-reactive ketones (excluding diaryl/α,β-unsaturated/α-hetero) is 1. The van der Waals surface area contributed by atoms with E-state index in [0.717, 1.165) is 36.2 Å². The monoisotopic (exact) mass is 272 g/mol. The highest BCUT2D eigenvalue weighted by molar-refractivity contribution is 6.06. The fourth-order valence-electron chi connectivity index (χ4n) is 2.92. The van der Waals surface area contributed by atoms with Crippen molar-refractivity contribution < 1.29 is 4.79 Å². The number of carbonyl (C=O) groups is 1. The van der Waals surface area contributed by atoms with Crippen LogP contribution in [0.15, 0.2) is 18.5 Å². The molecule has 5 heteroatoms. The van der Waals surface area contributed by atoms with Gasteiger partial charge in [-0.3, -0.25) is 4.79 Å². The maximum Gasteiger partial charge on any atom is 0.163 e. The zero-order valence-electron chi connectivity index (χ0n) is 11.9. The van der Waals surface area contributed by atoms with Gasteiger partial charge in [0.2, 0.25) is 0 Å². The van der Waals surface area contributed by atoms with Crippen molar-refractivity contribution in [2.45, 2.75) is 25.8 Å². The van der Waals surface area contributed by atoms with Crippen molar-refractivity contribution in [3.63, 3.8) is 0 Å². The summed E-state index contributed by atoms with van der Waals surface area (Å²) in [6.07, 6.45) is 5.84. The minimum Gasteiger partial charge on any atom is -0.380 e. The molecule has 0 spiro atoms. The van der Waals surface area contributed by atoms with Crippen LogP contribution >= 0.6 is 0 Å². The van der Waals surface area contributed by atoms with Gasteiger partial charge < -0.3 is 15.2 Å². The number of aromatic amines is 1. The van der Waals surface area contributed by atoms with E-state index in [0.29, 0.717) is 11.6 Å². The molecule has 0 unspecified atom stereocenters. The molecule has 106 valence electrons. The van der Waals surface area contributed by atoms with Crippen molar-refractivity contribution in [2.24, 2.45) is 0 Å². The number of pyridine rings is 1.